The second-order valence-corrected chi connectivity index (χ2v) is 6.56. The van der Waals surface area contributed by atoms with Crippen molar-refractivity contribution in [2.75, 3.05) is 7.11 Å². The number of rotatable bonds is 5. The van der Waals surface area contributed by atoms with Gasteiger partial charge in [0.1, 0.15) is 5.65 Å². The van der Waals surface area contributed by atoms with Gasteiger partial charge < -0.3 is 14.9 Å². The molecule has 0 saturated heterocycles. The van der Waals surface area contributed by atoms with Crippen molar-refractivity contribution in [1.82, 2.24) is 9.38 Å². The zero-order chi connectivity index (χ0) is 22.9. The number of aromatic hydroxyl groups is 1. The Labute approximate surface area is 172 Å². The van der Waals surface area contributed by atoms with Crippen molar-refractivity contribution in [3.8, 4) is 5.88 Å². The van der Waals surface area contributed by atoms with Gasteiger partial charge in [-0.3, -0.25) is 14.0 Å². The van der Waals surface area contributed by atoms with E-state index in [-0.39, 0.29) is 16.8 Å². The van der Waals surface area contributed by atoms with Gasteiger partial charge in [0.05, 0.1) is 30.2 Å². The standard InChI is InChI=1S/C20H15F3N2O6/c1-31-15(26)8-13(10-2-4-11(5-3-10)19(29)30)16-17(27)24-14-7-6-12(20(21,22)23)9-25(14)18(16)28/h2-7,9,13,27H,8H2,1H3,(H,29,30)/t13-/m0/s1. The highest BCUT2D eigenvalue weighted by atomic mass is 19.4. The smallest absolute Gasteiger partial charge is 0.417 e. The highest BCUT2D eigenvalue weighted by Crippen LogP contribution is 2.33. The molecule has 162 valence electrons. The van der Waals surface area contributed by atoms with Crippen LogP contribution >= 0.6 is 0 Å². The Hall–Kier alpha value is -3.89. The number of carbonyl (C=O) groups is 2. The first-order valence-corrected chi connectivity index (χ1v) is 8.75. The van der Waals surface area contributed by atoms with E-state index in [2.05, 4.69) is 9.72 Å². The molecule has 0 aliphatic carbocycles. The Kier molecular flexibility index (Phi) is 5.69. The molecule has 0 aliphatic rings. The van der Waals surface area contributed by atoms with E-state index in [0.29, 0.717) is 10.6 Å². The number of nitrogens with zero attached hydrogens (tertiary/aromatic N) is 2. The van der Waals surface area contributed by atoms with Crippen LogP contribution in [0.3, 0.4) is 0 Å². The van der Waals surface area contributed by atoms with Gasteiger partial charge in [-0.25, -0.2) is 4.79 Å². The molecule has 0 aliphatic heterocycles. The number of carbonyl (C=O) groups excluding carboxylic acids is 1. The van der Waals surface area contributed by atoms with Crippen LogP contribution < -0.4 is 5.56 Å². The fraction of sp³-hybridized carbons (Fsp3) is 0.200. The third-order valence-corrected chi connectivity index (χ3v) is 4.67. The molecule has 11 heteroatoms. The molecular weight excluding hydrogens is 421 g/mol. The molecule has 8 nitrogen and oxygen atoms in total. The Balaban J connectivity index is 2.24. The van der Waals surface area contributed by atoms with Crippen LogP contribution in [-0.4, -0.2) is 38.6 Å². The lowest BCUT2D eigenvalue weighted by molar-refractivity contribution is -0.141. The molecule has 0 saturated carbocycles. The maximum Gasteiger partial charge on any atom is 0.417 e. The summed E-state index contributed by atoms with van der Waals surface area (Å²) in [5.74, 6) is -3.88. The minimum atomic E-state index is -4.72. The summed E-state index contributed by atoms with van der Waals surface area (Å²) in [6, 6.07) is 6.77. The fourth-order valence-electron chi connectivity index (χ4n) is 3.11. The Morgan fingerprint density at radius 3 is 2.35 bits per heavy atom. The largest absolute Gasteiger partial charge is 0.493 e. The normalized spacial score (nSPS) is 12.5. The predicted octanol–water partition coefficient (Wildman–Crippen LogP) is 2.81. The lowest BCUT2D eigenvalue weighted by Crippen LogP contribution is -2.25. The number of benzene rings is 1. The molecule has 2 heterocycles. The van der Waals surface area contributed by atoms with Gasteiger partial charge in [-0.2, -0.15) is 18.2 Å². The molecule has 3 aromatic rings. The SMILES string of the molecule is COC(=O)C[C@@H](c1ccc(C(=O)O)cc1)c1c(O)nc2ccc(C(F)(F)F)cn2c1=O. The number of pyridine rings is 1. The van der Waals surface area contributed by atoms with Crippen molar-refractivity contribution in [2.24, 2.45) is 0 Å². The Morgan fingerprint density at radius 1 is 1.16 bits per heavy atom. The zero-order valence-corrected chi connectivity index (χ0v) is 15.9. The molecule has 2 N–H and O–H groups in total. The van der Waals surface area contributed by atoms with Crippen LogP contribution in [-0.2, 0) is 15.7 Å². The van der Waals surface area contributed by atoms with Gasteiger partial charge in [-0.1, -0.05) is 12.1 Å². The first-order chi connectivity index (χ1) is 14.5. The maximum atomic E-state index is 13.1. The summed E-state index contributed by atoms with van der Waals surface area (Å²) in [6.07, 6.45) is -4.61. The lowest BCUT2D eigenvalue weighted by atomic mass is 9.89. The molecule has 0 radical (unpaired) electrons. The van der Waals surface area contributed by atoms with E-state index >= 15 is 0 Å². The number of halogens is 3. The van der Waals surface area contributed by atoms with E-state index in [9.17, 15) is 32.7 Å². The number of hydrogen-bond donors (Lipinski definition) is 2. The van der Waals surface area contributed by atoms with Gasteiger partial charge in [0.15, 0.2) is 0 Å². The number of methoxy groups -OCH3 is 1. The van der Waals surface area contributed by atoms with E-state index in [4.69, 9.17) is 5.11 Å². The third-order valence-electron chi connectivity index (χ3n) is 4.67. The first kappa shape index (κ1) is 21.8. The van der Waals surface area contributed by atoms with Crippen LogP contribution in [0.2, 0.25) is 0 Å². The van der Waals surface area contributed by atoms with Crippen molar-refractivity contribution in [1.29, 1.82) is 0 Å². The number of esters is 1. The van der Waals surface area contributed by atoms with E-state index in [1.54, 1.807) is 0 Å². The van der Waals surface area contributed by atoms with Crippen LogP contribution in [0, 0.1) is 0 Å². The zero-order valence-electron chi connectivity index (χ0n) is 15.9. The summed E-state index contributed by atoms with van der Waals surface area (Å²) in [5.41, 5.74) is -2.56. The van der Waals surface area contributed by atoms with E-state index in [0.717, 1.165) is 19.2 Å². The van der Waals surface area contributed by atoms with Gasteiger partial charge in [-0.15, -0.1) is 0 Å². The molecule has 0 bridgehead atoms. The van der Waals surface area contributed by atoms with Crippen molar-refractivity contribution in [3.63, 3.8) is 0 Å². The number of carboxylic acids is 1. The molecular formula is C20H15F3N2O6. The molecule has 3 rings (SSSR count). The summed E-state index contributed by atoms with van der Waals surface area (Å²) < 4.78 is 44.5. The topological polar surface area (TPSA) is 118 Å². The summed E-state index contributed by atoms with van der Waals surface area (Å²) in [5, 5.41) is 19.4. The van der Waals surface area contributed by atoms with Crippen LogP contribution in [0.4, 0.5) is 13.2 Å². The van der Waals surface area contributed by atoms with Gasteiger partial charge in [0.25, 0.3) is 5.56 Å². The molecule has 0 unspecified atom stereocenters. The summed E-state index contributed by atoms with van der Waals surface area (Å²) in [6.45, 7) is 0. The molecule has 0 amide bonds. The number of hydrogen-bond acceptors (Lipinski definition) is 6. The van der Waals surface area contributed by atoms with E-state index in [1.165, 1.54) is 24.3 Å². The van der Waals surface area contributed by atoms with Gasteiger partial charge in [0, 0.05) is 12.1 Å². The van der Waals surface area contributed by atoms with Crippen LogP contribution in [0.15, 0.2) is 47.4 Å². The number of ether oxygens (including phenoxy) is 1. The quantitative estimate of drug-likeness (QED) is 0.591. The summed E-state index contributed by atoms with van der Waals surface area (Å²) >= 11 is 0. The monoisotopic (exact) mass is 436 g/mol. The average Bonchev–Trinajstić information content (AvgIpc) is 2.72. The number of aromatic carboxylic acids is 1. The summed E-state index contributed by atoms with van der Waals surface area (Å²) in [4.78, 5) is 39.8. The van der Waals surface area contributed by atoms with Gasteiger partial charge in [0.2, 0.25) is 5.88 Å². The predicted molar refractivity (Wildman–Crippen MR) is 100 cm³/mol. The Morgan fingerprint density at radius 2 is 1.81 bits per heavy atom. The summed E-state index contributed by atoms with van der Waals surface area (Å²) in [7, 11) is 1.11. The molecule has 0 fully saturated rings. The average molecular weight is 436 g/mol. The maximum absolute atomic E-state index is 13.1. The molecule has 31 heavy (non-hydrogen) atoms. The second kappa shape index (κ2) is 8.09. The van der Waals surface area contributed by atoms with E-state index in [1.807, 2.05) is 0 Å². The minimum Gasteiger partial charge on any atom is -0.493 e. The lowest BCUT2D eigenvalue weighted by Gasteiger charge is -2.18. The van der Waals surface area contributed by atoms with Crippen molar-refractivity contribution < 1.29 is 37.7 Å². The highest BCUT2D eigenvalue weighted by molar-refractivity contribution is 5.87. The number of fused-ring (bicyclic) bond motifs is 1. The van der Waals surface area contributed by atoms with Gasteiger partial charge >= 0.3 is 18.1 Å². The molecule has 1 atom stereocenters. The number of aromatic nitrogens is 2. The second-order valence-electron chi connectivity index (χ2n) is 6.56. The number of alkyl halides is 3. The molecule has 1 aromatic carbocycles. The van der Waals surface area contributed by atoms with Crippen LogP contribution in [0.1, 0.15) is 39.4 Å². The van der Waals surface area contributed by atoms with E-state index < -0.39 is 53.0 Å². The molecule has 0 spiro atoms. The van der Waals surface area contributed by atoms with Crippen LogP contribution in [0.5, 0.6) is 5.88 Å². The van der Waals surface area contributed by atoms with Crippen molar-refractivity contribution in [3.05, 3.63) is 75.2 Å². The van der Waals surface area contributed by atoms with Crippen LogP contribution in [0.25, 0.3) is 5.65 Å². The first-order valence-electron chi connectivity index (χ1n) is 8.75. The highest BCUT2D eigenvalue weighted by Gasteiger charge is 2.32. The van der Waals surface area contributed by atoms with Gasteiger partial charge in [-0.05, 0) is 29.8 Å². The Bertz CT molecular complexity index is 1220. The number of carboxylic acid groups (broad SMARTS) is 1. The van der Waals surface area contributed by atoms with Crippen molar-refractivity contribution >= 4 is 17.6 Å². The fourth-order valence-corrected chi connectivity index (χ4v) is 3.11. The minimum absolute atomic E-state index is 0.0621. The third kappa shape index (κ3) is 4.34. The molecule has 2 aromatic heterocycles. The van der Waals surface area contributed by atoms with Crippen molar-refractivity contribution in [2.45, 2.75) is 18.5 Å².